The van der Waals surface area contributed by atoms with Gasteiger partial charge in [-0.25, -0.2) is 4.98 Å². The predicted octanol–water partition coefficient (Wildman–Crippen LogP) is 3.78. The van der Waals surface area contributed by atoms with E-state index in [2.05, 4.69) is 16.9 Å². The van der Waals surface area contributed by atoms with E-state index >= 15 is 0 Å². The minimum atomic E-state index is -0.537. The number of ether oxygens (including phenoxy) is 1. The van der Waals surface area contributed by atoms with Gasteiger partial charge in [0.15, 0.2) is 5.16 Å². The molecule has 32 heavy (non-hydrogen) atoms. The summed E-state index contributed by atoms with van der Waals surface area (Å²) in [5.74, 6) is -0.163. The first kappa shape index (κ1) is 22.0. The predicted molar refractivity (Wildman–Crippen MR) is 125 cm³/mol. The van der Waals surface area contributed by atoms with Gasteiger partial charge in [0.05, 0.1) is 34.9 Å². The molecule has 0 bridgehead atoms. The number of hydrogen-bond donors (Lipinski definition) is 1. The molecule has 1 amide bonds. The lowest BCUT2D eigenvalue weighted by atomic mass is 10.2. The molecule has 1 N–H and O–H groups in total. The highest BCUT2D eigenvalue weighted by Crippen LogP contribution is 2.35. The number of carbonyl (C=O) groups excluding carboxylic acids is 1. The summed E-state index contributed by atoms with van der Waals surface area (Å²) < 4.78 is 6.70. The van der Waals surface area contributed by atoms with Crippen LogP contribution in [-0.4, -0.2) is 33.2 Å². The first-order chi connectivity index (χ1) is 15.4. The monoisotopic (exact) mass is 472 g/mol. The largest absolute Gasteiger partial charge is 0.494 e. The summed E-state index contributed by atoms with van der Waals surface area (Å²) >= 11 is 2.71. The molecule has 1 aliphatic rings. The molecule has 0 saturated heterocycles. The van der Waals surface area contributed by atoms with E-state index in [9.17, 15) is 19.7 Å². The number of aromatic nitrogens is 2. The van der Waals surface area contributed by atoms with Gasteiger partial charge in [-0.3, -0.25) is 24.3 Å². The van der Waals surface area contributed by atoms with Gasteiger partial charge in [-0.2, -0.15) is 0 Å². The second-order valence-corrected chi connectivity index (χ2v) is 9.14. The average Bonchev–Trinajstić information content (AvgIpc) is 3.35. The Kier molecular flexibility index (Phi) is 6.28. The van der Waals surface area contributed by atoms with Crippen LogP contribution in [0.1, 0.15) is 16.9 Å². The minimum absolute atomic E-state index is 0.000318. The van der Waals surface area contributed by atoms with Gasteiger partial charge in [0, 0.05) is 17.5 Å². The molecule has 4 rings (SSSR count). The van der Waals surface area contributed by atoms with Crippen molar-refractivity contribution in [2.45, 2.75) is 31.0 Å². The lowest BCUT2D eigenvalue weighted by Crippen LogP contribution is -2.24. The number of nitrogens with one attached hydrogen (secondary N) is 1. The first-order valence-corrected chi connectivity index (χ1v) is 11.6. The molecule has 0 aliphatic heterocycles. The second kappa shape index (κ2) is 9.13. The van der Waals surface area contributed by atoms with E-state index in [0.29, 0.717) is 27.6 Å². The molecule has 2 aromatic heterocycles. The molecule has 0 atom stereocenters. The highest BCUT2D eigenvalue weighted by molar-refractivity contribution is 7.99. The highest BCUT2D eigenvalue weighted by atomic mass is 32.2. The van der Waals surface area contributed by atoms with Gasteiger partial charge in [-0.15, -0.1) is 17.9 Å². The van der Waals surface area contributed by atoms with Gasteiger partial charge in [-0.05, 0) is 30.9 Å². The van der Waals surface area contributed by atoms with E-state index in [1.807, 2.05) is 0 Å². The maximum atomic E-state index is 13.2. The fraction of sp³-hybridized carbons (Fsp3) is 0.286. The van der Waals surface area contributed by atoms with Gasteiger partial charge >= 0.3 is 0 Å². The highest BCUT2D eigenvalue weighted by Gasteiger charge is 2.23. The van der Waals surface area contributed by atoms with Gasteiger partial charge in [-0.1, -0.05) is 17.8 Å². The summed E-state index contributed by atoms with van der Waals surface area (Å²) in [6.45, 7) is 4.03. The molecular weight excluding hydrogens is 452 g/mol. The van der Waals surface area contributed by atoms with Crippen LogP contribution in [-0.2, 0) is 24.2 Å². The number of amides is 1. The number of hydrogen-bond acceptors (Lipinski definition) is 8. The van der Waals surface area contributed by atoms with Crippen molar-refractivity contribution in [3.05, 3.63) is 61.8 Å². The lowest BCUT2D eigenvalue weighted by Gasteiger charge is -2.12. The number of allylic oxidation sites excluding steroid dienone is 1. The van der Waals surface area contributed by atoms with Crippen molar-refractivity contribution in [1.82, 2.24) is 9.55 Å². The second-order valence-electron chi connectivity index (χ2n) is 7.11. The number of methoxy groups -OCH3 is 1. The number of nitro groups is 1. The van der Waals surface area contributed by atoms with Gasteiger partial charge in [0.2, 0.25) is 5.91 Å². The maximum absolute atomic E-state index is 13.2. The van der Waals surface area contributed by atoms with Crippen LogP contribution in [0.4, 0.5) is 11.4 Å². The van der Waals surface area contributed by atoms with Crippen molar-refractivity contribution in [3.8, 4) is 5.75 Å². The number of nitrogens with zero attached hydrogens (tertiary/aromatic N) is 3. The number of thioether (sulfide) groups is 1. The van der Waals surface area contributed by atoms with E-state index in [1.165, 1.54) is 30.2 Å². The van der Waals surface area contributed by atoms with E-state index in [-0.39, 0.29) is 28.7 Å². The van der Waals surface area contributed by atoms with Gasteiger partial charge in [0.25, 0.3) is 11.2 Å². The zero-order valence-electron chi connectivity index (χ0n) is 17.3. The van der Waals surface area contributed by atoms with Crippen molar-refractivity contribution in [1.29, 1.82) is 0 Å². The SMILES string of the molecule is C=CCn1c(SCC(=O)Nc2ccc([N+](=O)[O-])cc2OC)nc2sc3c(c2c1=O)CCC3. The molecule has 0 unspecified atom stereocenters. The molecule has 0 spiro atoms. The fourth-order valence-corrected chi connectivity index (χ4v) is 5.78. The summed E-state index contributed by atoms with van der Waals surface area (Å²) in [6, 6.07) is 3.96. The van der Waals surface area contributed by atoms with E-state index in [4.69, 9.17) is 4.74 Å². The third-order valence-corrected chi connectivity index (χ3v) is 7.27. The zero-order valence-corrected chi connectivity index (χ0v) is 18.9. The fourth-order valence-electron chi connectivity index (χ4n) is 3.67. The molecule has 0 radical (unpaired) electrons. The van der Waals surface area contributed by atoms with Crippen molar-refractivity contribution in [2.75, 3.05) is 18.2 Å². The number of anilines is 1. The summed E-state index contributed by atoms with van der Waals surface area (Å²) in [6.07, 6.45) is 4.56. The number of carbonyl (C=O) groups is 1. The minimum Gasteiger partial charge on any atom is -0.494 e. The Balaban J connectivity index is 1.56. The average molecular weight is 473 g/mol. The van der Waals surface area contributed by atoms with Crippen LogP contribution in [0.15, 0.2) is 40.8 Å². The maximum Gasteiger partial charge on any atom is 0.273 e. The Hall–Kier alpha value is -3.18. The van der Waals surface area contributed by atoms with Crippen LogP contribution in [0, 0.1) is 10.1 Å². The van der Waals surface area contributed by atoms with E-state index in [0.717, 1.165) is 36.6 Å². The summed E-state index contributed by atoms with van der Waals surface area (Å²) in [4.78, 5) is 42.7. The Bertz CT molecular complexity index is 1300. The number of benzene rings is 1. The summed E-state index contributed by atoms with van der Waals surface area (Å²) in [7, 11) is 1.37. The number of thiophene rings is 1. The summed E-state index contributed by atoms with van der Waals surface area (Å²) in [5, 5.41) is 14.8. The van der Waals surface area contributed by atoms with Crippen molar-refractivity contribution >= 4 is 50.6 Å². The van der Waals surface area contributed by atoms with Gasteiger partial charge < -0.3 is 10.1 Å². The van der Waals surface area contributed by atoms with Crippen LogP contribution in [0.2, 0.25) is 0 Å². The van der Waals surface area contributed by atoms with Crippen LogP contribution in [0.25, 0.3) is 10.2 Å². The number of non-ortho nitro benzene ring substituents is 1. The number of aryl methyl sites for hydroxylation is 2. The number of rotatable bonds is 8. The van der Waals surface area contributed by atoms with Crippen molar-refractivity contribution in [2.24, 2.45) is 0 Å². The quantitative estimate of drug-likeness (QED) is 0.174. The van der Waals surface area contributed by atoms with Crippen molar-refractivity contribution in [3.63, 3.8) is 0 Å². The Morgan fingerprint density at radius 3 is 3.00 bits per heavy atom. The normalized spacial score (nSPS) is 12.5. The molecule has 1 aromatic carbocycles. The van der Waals surface area contributed by atoms with Gasteiger partial charge in [0.1, 0.15) is 10.6 Å². The molecule has 3 aromatic rings. The molecule has 0 saturated carbocycles. The molecular formula is C21H20N4O5S2. The van der Waals surface area contributed by atoms with E-state index in [1.54, 1.807) is 22.0 Å². The van der Waals surface area contributed by atoms with Crippen molar-refractivity contribution < 1.29 is 14.5 Å². The first-order valence-electron chi connectivity index (χ1n) is 9.84. The molecule has 2 heterocycles. The molecule has 1 aliphatic carbocycles. The lowest BCUT2D eigenvalue weighted by molar-refractivity contribution is -0.384. The third kappa shape index (κ3) is 4.13. The Labute approximate surface area is 191 Å². The zero-order chi connectivity index (χ0) is 22.8. The summed E-state index contributed by atoms with van der Waals surface area (Å²) in [5.41, 5.74) is 1.20. The third-order valence-electron chi connectivity index (χ3n) is 5.10. The molecule has 11 heteroatoms. The number of nitro benzene ring substituents is 1. The molecule has 9 nitrogen and oxygen atoms in total. The van der Waals surface area contributed by atoms with E-state index < -0.39 is 4.92 Å². The Morgan fingerprint density at radius 1 is 1.47 bits per heavy atom. The smallest absolute Gasteiger partial charge is 0.273 e. The standard InChI is InChI=1S/C21H20N4O5S2/c1-3-9-24-20(27)18-13-5-4-6-16(13)32-19(18)23-21(24)31-11-17(26)22-14-8-7-12(25(28)29)10-15(14)30-2/h3,7-8,10H,1,4-6,9,11H2,2H3,(H,22,26). The Morgan fingerprint density at radius 2 is 2.28 bits per heavy atom. The molecule has 0 fully saturated rings. The van der Waals surface area contributed by atoms with Crippen LogP contribution in [0.5, 0.6) is 5.75 Å². The van der Waals surface area contributed by atoms with Crippen LogP contribution in [0.3, 0.4) is 0 Å². The number of fused-ring (bicyclic) bond motifs is 3. The van der Waals surface area contributed by atoms with Crippen LogP contribution >= 0.6 is 23.1 Å². The topological polar surface area (TPSA) is 116 Å². The van der Waals surface area contributed by atoms with Crippen LogP contribution < -0.4 is 15.6 Å². The molecule has 166 valence electrons.